The van der Waals surface area contributed by atoms with Gasteiger partial charge >= 0.3 is 5.97 Å². The van der Waals surface area contributed by atoms with E-state index in [2.05, 4.69) is 0 Å². The molecule has 5 nitrogen and oxygen atoms in total. The van der Waals surface area contributed by atoms with E-state index in [-0.39, 0.29) is 18.1 Å². The molecule has 0 unspecified atom stereocenters. The lowest BCUT2D eigenvalue weighted by Gasteiger charge is -2.18. The Morgan fingerprint density at radius 3 is 2.58 bits per heavy atom. The molecule has 24 heavy (non-hydrogen) atoms. The van der Waals surface area contributed by atoms with Gasteiger partial charge in [0, 0.05) is 17.8 Å². The fourth-order valence-electron chi connectivity index (χ4n) is 2.12. The highest BCUT2D eigenvalue weighted by molar-refractivity contribution is 6.31. The van der Waals surface area contributed by atoms with Gasteiger partial charge in [-0.2, -0.15) is 0 Å². The van der Waals surface area contributed by atoms with Crippen molar-refractivity contribution in [3.05, 3.63) is 58.6 Å². The smallest absolute Gasteiger partial charge is 0.342 e. The van der Waals surface area contributed by atoms with Gasteiger partial charge in [0.2, 0.25) is 0 Å². The maximum absolute atomic E-state index is 12.2. The molecule has 6 heteroatoms. The van der Waals surface area contributed by atoms with E-state index in [0.717, 1.165) is 11.3 Å². The maximum Gasteiger partial charge on any atom is 0.342 e. The van der Waals surface area contributed by atoms with Crippen molar-refractivity contribution in [3.8, 4) is 5.75 Å². The van der Waals surface area contributed by atoms with Crippen LogP contribution in [-0.4, -0.2) is 32.6 Å². The predicted octanol–water partition coefficient (Wildman–Crippen LogP) is 3.48. The van der Waals surface area contributed by atoms with Crippen LogP contribution in [0.15, 0.2) is 42.5 Å². The quantitative estimate of drug-likeness (QED) is 0.777. The molecular weight excluding hydrogens is 330 g/mol. The molecule has 2 rings (SSSR count). The molecule has 0 fully saturated rings. The van der Waals surface area contributed by atoms with Crippen molar-refractivity contribution in [1.29, 1.82) is 0 Å². The molecule has 0 saturated carbocycles. The van der Waals surface area contributed by atoms with Gasteiger partial charge in [0.1, 0.15) is 11.3 Å². The summed E-state index contributed by atoms with van der Waals surface area (Å²) in [5.41, 5.74) is 1.94. The van der Waals surface area contributed by atoms with Gasteiger partial charge in [-0.25, -0.2) is 4.79 Å². The first-order valence-corrected chi connectivity index (χ1v) is 7.64. The minimum absolute atomic E-state index is 0.177. The zero-order valence-corrected chi connectivity index (χ0v) is 14.5. The monoisotopic (exact) mass is 347 g/mol. The van der Waals surface area contributed by atoms with Gasteiger partial charge < -0.3 is 14.4 Å². The number of esters is 1. The second kappa shape index (κ2) is 7.84. The fourth-order valence-corrected chi connectivity index (χ4v) is 2.29. The van der Waals surface area contributed by atoms with E-state index in [1.807, 2.05) is 31.2 Å². The number of benzene rings is 2. The number of halogens is 1. The zero-order valence-electron chi connectivity index (χ0n) is 13.7. The standard InChI is InChI=1S/C18H18ClNO4/c1-12-5-4-6-14(9-12)20(2)17(21)11-24-18(22)15-10-13(19)7-8-16(15)23-3/h4-10H,11H2,1-3H3. The van der Waals surface area contributed by atoms with Gasteiger partial charge in [-0.05, 0) is 42.8 Å². The van der Waals surface area contributed by atoms with Crippen molar-refractivity contribution in [2.24, 2.45) is 0 Å². The SMILES string of the molecule is COc1ccc(Cl)cc1C(=O)OCC(=O)N(C)c1cccc(C)c1. The lowest BCUT2D eigenvalue weighted by Crippen LogP contribution is -2.31. The van der Waals surface area contributed by atoms with Crippen LogP contribution in [0, 0.1) is 6.92 Å². The Balaban J connectivity index is 2.03. The van der Waals surface area contributed by atoms with Gasteiger partial charge in [0.25, 0.3) is 5.91 Å². The molecule has 0 aliphatic carbocycles. The molecule has 0 bridgehead atoms. The molecule has 1 amide bonds. The van der Waals surface area contributed by atoms with Gasteiger partial charge in [-0.3, -0.25) is 4.79 Å². The largest absolute Gasteiger partial charge is 0.496 e. The molecule has 2 aromatic carbocycles. The zero-order chi connectivity index (χ0) is 17.7. The van der Waals surface area contributed by atoms with Crippen molar-refractivity contribution in [1.82, 2.24) is 0 Å². The summed E-state index contributed by atoms with van der Waals surface area (Å²) in [5, 5.41) is 0.381. The topological polar surface area (TPSA) is 55.8 Å². The van der Waals surface area contributed by atoms with E-state index in [9.17, 15) is 9.59 Å². The van der Waals surface area contributed by atoms with E-state index < -0.39 is 5.97 Å². The molecule has 0 aromatic heterocycles. The van der Waals surface area contributed by atoms with E-state index in [0.29, 0.717) is 10.8 Å². The van der Waals surface area contributed by atoms with E-state index in [1.54, 1.807) is 19.2 Å². The summed E-state index contributed by atoms with van der Waals surface area (Å²) in [5.74, 6) is -0.667. The molecule has 0 spiro atoms. The third kappa shape index (κ3) is 4.26. The van der Waals surface area contributed by atoms with Gasteiger partial charge in [-0.1, -0.05) is 23.7 Å². The normalized spacial score (nSPS) is 10.2. The molecule has 0 aliphatic heterocycles. The van der Waals surface area contributed by atoms with Crippen molar-refractivity contribution in [2.75, 3.05) is 25.7 Å². The Kier molecular flexibility index (Phi) is 5.82. The second-order valence-corrected chi connectivity index (χ2v) is 5.65. The van der Waals surface area contributed by atoms with E-state index >= 15 is 0 Å². The number of hydrogen-bond donors (Lipinski definition) is 0. The lowest BCUT2D eigenvalue weighted by atomic mass is 10.2. The molecule has 0 radical (unpaired) electrons. The molecule has 0 atom stereocenters. The van der Waals surface area contributed by atoms with Gasteiger partial charge in [-0.15, -0.1) is 0 Å². The average Bonchev–Trinajstić information content (AvgIpc) is 2.58. The summed E-state index contributed by atoms with van der Waals surface area (Å²) in [6.45, 7) is 1.56. The Hall–Kier alpha value is -2.53. The van der Waals surface area contributed by atoms with Crippen molar-refractivity contribution < 1.29 is 19.1 Å². The van der Waals surface area contributed by atoms with Gasteiger partial charge in [0.15, 0.2) is 6.61 Å². The Bertz CT molecular complexity index is 760. The van der Waals surface area contributed by atoms with Crippen LogP contribution >= 0.6 is 11.6 Å². The number of hydrogen-bond acceptors (Lipinski definition) is 4. The maximum atomic E-state index is 12.2. The number of amides is 1. The molecule has 0 heterocycles. The van der Waals surface area contributed by atoms with Crippen molar-refractivity contribution in [2.45, 2.75) is 6.92 Å². The predicted molar refractivity (Wildman–Crippen MR) is 92.9 cm³/mol. The van der Waals surface area contributed by atoms with Crippen molar-refractivity contribution >= 4 is 29.2 Å². The number of carbonyl (C=O) groups excluding carboxylic acids is 2. The minimum Gasteiger partial charge on any atom is -0.496 e. The number of methoxy groups -OCH3 is 1. The summed E-state index contributed by atoms with van der Waals surface area (Å²) in [6.07, 6.45) is 0. The fraction of sp³-hybridized carbons (Fsp3) is 0.222. The van der Waals surface area contributed by atoms with Gasteiger partial charge in [0.05, 0.1) is 7.11 Å². The summed E-state index contributed by atoms with van der Waals surface area (Å²) in [6, 6.07) is 12.1. The minimum atomic E-state index is -0.666. The first-order chi connectivity index (χ1) is 11.4. The first-order valence-electron chi connectivity index (χ1n) is 7.26. The highest BCUT2D eigenvalue weighted by atomic mass is 35.5. The van der Waals surface area contributed by atoms with Crippen LogP contribution in [0.5, 0.6) is 5.75 Å². The van der Waals surface area contributed by atoms with E-state index in [4.69, 9.17) is 21.1 Å². The second-order valence-electron chi connectivity index (χ2n) is 5.21. The Morgan fingerprint density at radius 2 is 1.92 bits per heavy atom. The van der Waals surface area contributed by atoms with Crippen LogP contribution in [0.2, 0.25) is 5.02 Å². The summed E-state index contributed by atoms with van der Waals surface area (Å²) < 4.78 is 10.2. The third-order valence-corrected chi connectivity index (χ3v) is 3.71. The first kappa shape index (κ1) is 17.8. The Labute approximate surface area is 145 Å². The number of nitrogens with zero attached hydrogens (tertiary/aromatic N) is 1. The summed E-state index contributed by atoms with van der Waals surface area (Å²) in [4.78, 5) is 25.8. The van der Waals surface area contributed by atoms with E-state index in [1.165, 1.54) is 18.1 Å². The highest BCUT2D eigenvalue weighted by Crippen LogP contribution is 2.23. The average molecular weight is 348 g/mol. The van der Waals surface area contributed by atoms with Crippen LogP contribution in [0.1, 0.15) is 15.9 Å². The summed E-state index contributed by atoms with van der Waals surface area (Å²) >= 11 is 5.89. The lowest BCUT2D eigenvalue weighted by molar-refractivity contribution is -0.121. The summed E-state index contributed by atoms with van der Waals surface area (Å²) in [7, 11) is 3.07. The van der Waals surface area contributed by atoms with Crippen LogP contribution in [0.4, 0.5) is 5.69 Å². The number of ether oxygens (including phenoxy) is 2. The number of aryl methyl sites for hydroxylation is 1. The molecule has 0 N–H and O–H groups in total. The van der Waals surface area contributed by atoms with Crippen LogP contribution in [0.3, 0.4) is 0 Å². The van der Waals surface area contributed by atoms with Crippen LogP contribution in [0.25, 0.3) is 0 Å². The number of carbonyl (C=O) groups is 2. The molecule has 2 aromatic rings. The van der Waals surface area contributed by atoms with Crippen LogP contribution < -0.4 is 9.64 Å². The highest BCUT2D eigenvalue weighted by Gasteiger charge is 2.18. The van der Waals surface area contributed by atoms with Crippen molar-refractivity contribution in [3.63, 3.8) is 0 Å². The van der Waals surface area contributed by atoms with Crippen LogP contribution in [-0.2, 0) is 9.53 Å². The molecule has 0 aliphatic rings. The number of likely N-dealkylation sites (N-methyl/N-ethyl adjacent to an activating group) is 1. The number of anilines is 1. The molecule has 126 valence electrons. The third-order valence-electron chi connectivity index (χ3n) is 3.47. The number of rotatable bonds is 5. The Morgan fingerprint density at radius 1 is 1.17 bits per heavy atom. The molecule has 0 saturated heterocycles. The molecular formula is C18H18ClNO4.